The first-order valence-electron chi connectivity index (χ1n) is 15.1. The van der Waals surface area contributed by atoms with Gasteiger partial charge in [-0.2, -0.15) is 17.7 Å². The van der Waals surface area contributed by atoms with Gasteiger partial charge in [0.25, 0.3) is 0 Å². The third kappa shape index (κ3) is 7.04. The van der Waals surface area contributed by atoms with Crippen molar-refractivity contribution in [2.24, 2.45) is 0 Å². The maximum Gasteiger partial charge on any atom is 0.485 e. The molecule has 1 heterocycles. The van der Waals surface area contributed by atoms with Crippen LogP contribution in [0.15, 0.2) is 146 Å². The minimum atomic E-state index is -6.09. The van der Waals surface area contributed by atoms with Gasteiger partial charge in [0.15, 0.2) is 16.7 Å². The summed E-state index contributed by atoms with van der Waals surface area (Å²) in [6.07, 6.45) is 2.08. The Morgan fingerprint density at radius 2 is 1.11 bits per heavy atom. The fraction of sp³-hybridized carbons (Fsp3) is 0.103. The highest BCUT2D eigenvalue weighted by atomic mass is 32.2. The van der Waals surface area contributed by atoms with Crippen molar-refractivity contribution in [1.82, 2.24) is 0 Å². The zero-order valence-electron chi connectivity index (χ0n) is 25.2. The molecule has 0 amide bonds. The molecule has 7 rings (SSSR count). The number of alkyl halides is 3. The Labute approximate surface area is 272 Å². The zero-order valence-corrected chi connectivity index (χ0v) is 26.0. The van der Waals surface area contributed by atoms with Gasteiger partial charge >= 0.3 is 5.51 Å². The van der Waals surface area contributed by atoms with Gasteiger partial charge in [-0.15, -0.1) is 0 Å². The Balaban J connectivity index is 0.000000431. The van der Waals surface area contributed by atoms with Crippen molar-refractivity contribution in [2.75, 3.05) is 0 Å². The molecule has 0 radical (unpaired) electrons. The lowest BCUT2D eigenvalue weighted by Crippen LogP contribution is -2.41. The highest BCUT2D eigenvalue weighted by Gasteiger charge is 2.37. The summed E-state index contributed by atoms with van der Waals surface area (Å²) < 4.78 is 61.5. The minimum absolute atomic E-state index is 0.817. The van der Waals surface area contributed by atoms with Gasteiger partial charge in [0, 0.05) is 22.8 Å². The van der Waals surface area contributed by atoms with Crippen LogP contribution in [-0.2, 0) is 29.5 Å². The van der Waals surface area contributed by atoms with Gasteiger partial charge in [-0.05, 0) is 58.9 Å². The highest BCUT2D eigenvalue weighted by molar-refractivity contribution is 7.86. The van der Waals surface area contributed by atoms with E-state index >= 15 is 0 Å². The van der Waals surface area contributed by atoms with E-state index in [0.29, 0.717) is 0 Å². The van der Waals surface area contributed by atoms with Gasteiger partial charge < -0.3 is 4.55 Å². The van der Waals surface area contributed by atoms with Gasteiger partial charge in [0.1, 0.15) is 0 Å². The van der Waals surface area contributed by atoms with E-state index < -0.39 is 15.6 Å². The smallest absolute Gasteiger partial charge is 0.485 e. The highest BCUT2D eigenvalue weighted by Crippen LogP contribution is 2.41. The Morgan fingerprint density at radius 3 is 1.66 bits per heavy atom. The topological polar surface area (TPSA) is 61.1 Å². The molecule has 4 nitrogen and oxygen atoms in total. The molecule has 6 aromatic rings. The Morgan fingerprint density at radius 1 is 0.596 bits per heavy atom. The average Bonchev–Trinajstić information content (AvgIpc) is 3.09. The van der Waals surface area contributed by atoms with Crippen LogP contribution in [0.3, 0.4) is 0 Å². The number of hydrogen-bond donors (Lipinski definition) is 0. The van der Waals surface area contributed by atoms with Crippen molar-refractivity contribution < 1.29 is 30.7 Å². The van der Waals surface area contributed by atoms with E-state index in [1.54, 1.807) is 0 Å². The quantitative estimate of drug-likeness (QED) is 0.107. The molecule has 1 aliphatic rings. The Bertz CT molecular complexity index is 2100. The molecule has 5 aromatic carbocycles. The molecular weight excluding hydrogens is 619 g/mol. The first-order chi connectivity index (χ1) is 22.6. The van der Waals surface area contributed by atoms with E-state index in [1.807, 2.05) is 0 Å². The molecule has 1 aromatic heterocycles. The standard InChI is InChI=1S/C38H30N.CHF3O3S/c1-5-13-28(14-6-1)27-39-37(32-19-11-4-12-20-32)26-35(30-17-9-3-10-18-30)34-24-23-31-21-22-33(25-36(31)38(34)39)29-15-7-2-8-16-29;2-1(3,4)8(5,6)7/h1-22,25-26H,23-24,27H2;(H,5,6,7)/q+1;/p-1. The molecule has 47 heavy (non-hydrogen) atoms. The number of aryl methyl sites for hydroxylation is 1. The normalized spacial score (nSPS) is 12.3. The number of rotatable bonds is 5. The van der Waals surface area contributed by atoms with E-state index in [4.69, 9.17) is 13.0 Å². The van der Waals surface area contributed by atoms with Crippen LogP contribution < -0.4 is 4.57 Å². The average molecular weight is 650 g/mol. The molecule has 0 spiro atoms. The second kappa shape index (κ2) is 13.4. The number of hydrogen-bond acceptors (Lipinski definition) is 3. The maximum absolute atomic E-state index is 10.7. The first-order valence-corrected chi connectivity index (χ1v) is 16.5. The molecule has 1 aliphatic carbocycles. The van der Waals surface area contributed by atoms with Crippen LogP contribution in [0.4, 0.5) is 13.2 Å². The summed E-state index contributed by atoms with van der Waals surface area (Å²) in [7, 11) is -6.09. The predicted molar refractivity (Wildman–Crippen MR) is 177 cm³/mol. The SMILES string of the molecule is O=S(=O)([O-])C(F)(F)F.c1ccc(C[n+]2c(-c3ccccc3)cc(-c3ccccc3)c3c2-c2cc(-c4ccccc4)ccc2CC3)cc1. The lowest BCUT2D eigenvalue weighted by molar-refractivity contribution is -0.667. The minimum Gasteiger partial charge on any atom is -0.741 e. The molecule has 0 unspecified atom stereocenters. The van der Waals surface area contributed by atoms with Gasteiger partial charge in [0.05, 0.1) is 5.56 Å². The van der Waals surface area contributed by atoms with Crippen molar-refractivity contribution >= 4 is 10.1 Å². The van der Waals surface area contributed by atoms with Crippen molar-refractivity contribution in [1.29, 1.82) is 0 Å². The largest absolute Gasteiger partial charge is 0.741 e. The second-order valence-electron chi connectivity index (χ2n) is 11.2. The lowest BCUT2D eigenvalue weighted by Gasteiger charge is -2.24. The van der Waals surface area contributed by atoms with E-state index in [1.165, 1.54) is 61.5 Å². The molecular formula is C39H30F3NO3S. The fourth-order valence-electron chi connectivity index (χ4n) is 6.01. The molecule has 0 saturated heterocycles. The molecule has 0 aliphatic heterocycles. The summed E-state index contributed by atoms with van der Waals surface area (Å²) in [5.74, 6) is 0. The number of aromatic nitrogens is 1. The van der Waals surface area contributed by atoms with Crippen molar-refractivity contribution in [2.45, 2.75) is 24.9 Å². The van der Waals surface area contributed by atoms with Crippen LogP contribution in [0, 0.1) is 0 Å². The Kier molecular flexibility index (Phi) is 9.07. The van der Waals surface area contributed by atoms with Crippen LogP contribution in [0.25, 0.3) is 44.8 Å². The molecule has 236 valence electrons. The summed E-state index contributed by atoms with van der Waals surface area (Å²) in [4.78, 5) is 0. The number of nitrogens with zero attached hydrogens (tertiary/aromatic N) is 1. The predicted octanol–water partition coefficient (Wildman–Crippen LogP) is 8.84. The third-order valence-corrected chi connectivity index (χ3v) is 8.76. The van der Waals surface area contributed by atoms with Gasteiger partial charge in [-0.1, -0.05) is 121 Å². The second-order valence-corrected chi connectivity index (χ2v) is 12.6. The zero-order chi connectivity index (χ0) is 33.0. The monoisotopic (exact) mass is 649 g/mol. The molecule has 0 saturated carbocycles. The van der Waals surface area contributed by atoms with Crippen LogP contribution in [0.1, 0.15) is 16.7 Å². The molecule has 8 heteroatoms. The van der Waals surface area contributed by atoms with Gasteiger partial charge in [0.2, 0.25) is 11.4 Å². The van der Waals surface area contributed by atoms with E-state index in [-0.39, 0.29) is 0 Å². The van der Waals surface area contributed by atoms with Crippen LogP contribution in [0.5, 0.6) is 0 Å². The molecule has 0 bridgehead atoms. The maximum atomic E-state index is 10.7. The van der Waals surface area contributed by atoms with E-state index in [2.05, 4.69) is 150 Å². The molecule has 0 atom stereocenters. The summed E-state index contributed by atoms with van der Waals surface area (Å²) in [6.45, 7) is 0.817. The molecule has 0 fully saturated rings. The summed E-state index contributed by atoms with van der Waals surface area (Å²) in [6, 6.07) is 52.9. The third-order valence-electron chi connectivity index (χ3n) is 8.19. The molecule has 0 N–H and O–H groups in total. The number of halogens is 3. The number of pyridine rings is 1. The number of benzene rings is 5. The fourth-order valence-corrected chi connectivity index (χ4v) is 6.01. The van der Waals surface area contributed by atoms with Gasteiger partial charge in [-0.3, -0.25) is 0 Å². The van der Waals surface area contributed by atoms with Crippen molar-refractivity contribution in [3.63, 3.8) is 0 Å². The summed E-state index contributed by atoms with van der Waals surface area (Å²) in [5, 5.41) is 0. The van der Waals surface area contributed by atoms with Crippen molar-refractivity contribution in [3.8, 4) is 44.8 Å². The number of fused-ring (bicyclic) bond motifs is 3. The summed E-state index contributed by atoms with van der Waals surface area (Å²) >= 11 is 0. The summed E-state index contributed by atoms with van der Waals surface area (Å²) in [5.41, 5.74) is 8.83. The van der Waals surface area contributed by atoms with Gasteiger partial charge in [-0.25, -0.2) is 8.42 Å². The van der Waals surface area contributed by atoms with E-state index in [9.17, 15) is 13.2 Å². The Hall–Kier alpha value is -5.05. The van der Waals surface area contributed by atoms with E-state index in [0.717, 1.165) is 19.4 Å². The first kappa shape index (κ1) is 31.9. The van der Waals surface area contributed by atoms with Crippen LogP contribution >= 0.6 is 0 Å². The van der Waals surface area contributed by atoms with Crippen LogP contribution in [0.2, 0.25) is 0 Å². The van der Waals surface area contributed by atoms with Crippen molar-refractivity contribution in [3.05, 3.63) is 162 Å². The van der Waals surface area contributed by atoms with Crippen LogP contribution in [-0.4, -0.2) is 18.5 Å². The lowest BCUT2D eigenvalue weighted by atomic mass is 9.82.